The van der Waals surface area contributed by atoms with Gasteiger partial charge in [0.25, 0.3) is 5.91 Å². The van der Waals surface area contributed by atoms with E-state index < -0.39 is 0 Å². The first-order valence-corrected chi connectivity index (χ1v) is 8.51. The summed E-state index contributed by atoms with van der Waals surface area (Å²) in [4.78, 5) is 36.6. The van der Waals surface area contributed by atoms with Gasteiger partial charge in [0.05, 0.1) is 5.56 Å². The van der Waals surface area contributed by atoms with Crippen molar-refractivity contribution in [2.24, 2.45) is 0 Å². The number of amides is 2. The zero-order valence-electron chi connectivity index (χ0n) is 15.5. The molecule has 0 bridgehead atoms. The van der Waals surface area contributed by atoms with Gasteiger partial charge >= 0.3 is 0 Å². The van der Waals surface area contributed by atoms with Gasteiger partial charge in [-0.15, -0.1) is 0 Å². The Morgan fingerprint density at radius 2 is 1.82 bits per heavy atom. The molecule has 0 aliphatic carbocycles. The van der Waals surface area contributed by atoms with Crippen molar-refractivity contribution in [3.8, 4) is 11.5 Å². The quantitative estimate of drug-likeness (QED) is 0.684. The molecule has 2 aromatic heterocycles. The van der Waals surface area contributed by atoms with Crippen molar-refractivity contribution in [3.05, 3.63) is 66.1 Å². The summed E-state index contributed by atoms with van der Waals surface area (Å²) >= 11 is 0. The highest BCUT2D eigenvalue weighted by atomic mass is 16.5. The van der Waals surface area contributed by atoms with E-state index >= 15 is 0 Å². The van der Waals surface area contributed by atoms with Crippen molar-refractivity contribution in [2.75, 3.05) is 24.4 Å². The molecule has 2 amide bonds. The number of pyridine rings is 1. The second-order valence-electron chi connectivity index (χ2n) is 5.98. The molecule has 142 valence electrons. The van der Waals surface area contributed by atoms with Gasteiger partial charge in [-0.25, -0.2) is 9.97 Å². The van der Waals surface area contributed by atoms with Crippen LogP contribution in [-0.4, -0.2) is 40.5 Å². The van der Waals surface area contributed by atoms with E-state index in [0.717, 1.165) is 5.56 Å². The predicted octanol–water partition coefficient (Wildman–Crippen LogP) is 2.68. The smallest absolute Gasteiger partial charge is 0.258 e. The summed E-state index contributed by atoms with van der Waals surface area (Å²) in [6.07, 6.45) is 4.57. The Morgan fingerprint density at radius 1 is 1.04 bits per heavy atom. The minimum atomic E-state index is -0.330. The monoisotopic (exact) mass is 377 g/mol. The Balaban J connectivity index is 1.67. The minimum absolute atomic E-state index is 0.0214. The highest BCUT2D eigenvalue weighted by molar-refractivity contribution is 6.04. The number of aromatic nitrogens is 3. The molecule has 0 aliphatic rings. The Labute approximate surface area is 162 Å². The fraction of sp³-hybridized carbons (Fsp3) is 0.150. The van der Waals surface area contributed by atoms with Crippen LogP contribution in [0.15, 0.2) is 55.0 Å². The van der Waals surface area contributed by atoms with Crippen molar-refractivity contribution >= 4 is 23.2 Å². The van der Waals surface area contributed by atoms with Crippen molar-refractivity contribution in [2.45, 2.75) is 6.92 Å². The highest BCUT2D eigenvalue weighted by Crippen LogP contribution is 2.20. The van der Waals surface area contributed by atoms with Gasteiger partial charge in [-0.05, 0) is 42.8 Å². The molecule has 1 aromatic carbocycles. The standard InChI is InChI=1S/C20H19N5O3/c1-13-9-15(6-7-16(13)25-18(26)12-28-2)24-20(27)14-10-22-19(23-11-14)17-5-3-4-8-21-17/h3-11H,12H2,1-2H3,(H,24,27)(H,25,26). The van der Waals surface area contributed by atoms with Gasteiger partial charge in [-0.1, -0.05) is 6.07 Å². The van der Waals surface area contributed by atoms with E-state index in [1.54, 1.807) is 30.5 Å². The number of carbonyl (C=O) groups is 2. The molecule has 0 saturated heterocycles. The lowest BCUT2D eigenvalue weighted by molar-refractivity contribution is -0.119. The van der Waals surface area contributed by atoms with Crippen LogP contribution < -0.4 is 10.6 Å². The number of methoxy groups -OCH3 is 1. The lowest BCUT2D eigenvalue weighted by Gasteiger charge is -2.11. The summed E-state index contributed by atoms with van der Waals surface area (Å²) in [5, 5.41) is 5.53. The molecular formula is C20H19N5O3. The Morgan fingerprint density at radius 3 is 2.46 bits per heavy atom. The van der Waals surface area contributed by atoms with Gasteiger partial charge in [0, 0.05) is 37.1 Å². The molecule has 0 fully saturated rings. The van der Waals surface area contributed by atoms with Gasteiger partial charge < -0.3 is 15.4 Å². The fourth-order valence-corrected chi connectivity index (χ4v) is 2.47. The van der Waals surface area contributed by atoms with E-state index in [4.69, 9.17) is 4.74 Å². The van der Waals surface area contributed by atoms with Gasteiger partial charge in [-0.3, -0.25) is 14.6 Å². The number of hydrogen-bond acceptors (Lipinski definition) is 6. The molecule has 8 nitrogen and oxygen atoms in total. The molecule has 0 atom stereocenters. The molecule has 2 heterocycles. The van der Waals surface area contributed by atoms with Crippen molar-refractivity contribution in [3.63, 3.8) is 0 Å². The van der Waals surface area contributed by atoms with Crippen LogP contribution >= 0.6 is 0 Å². The molecule has 3 aromatic rings. The van der Waals surface area contributed by atoms with Crippen molar-refractivity contribution in [1.82, 2.24) is 15.0 Å². The molecular weight excluding hydrogens is 358 g/mol. The zero-order valence-corrected chi connectivity index (χ0v) is 15.5. The summed E-state index contributed by atoms with van der Waals surface area (Å²) < 4.78 is 4.79. The van der Waals surface area contributed by atoms with Crippen LogP contribution in [-0.2, 0) is 9.53 Å². The number of aryl methyl sites for hydroxylation is 1. The van der Waals surface area contributed by atoms with Gasteiger partial charge in [0.15, 0.2) is 5.82 Å². The maximum atomic E-state index is 12.4. The average Bonchev–Trinajstić information content (AvgIpc) is 2.71. The first-order chi connectivity index (χ1) is 13.6. The minimum Gasteiger partial charge on any atom is -0.375 e. The molecule has 0 unspecified atom stereocenters. The van der Waals surface area contributed by atoms with Crippen LogP contribution in [0.4, 0.5) is 11.4 Å². The maximum absolute atomic E-state index is 12.4. The van der Waals surface area contributed by atoms with Gasteiger partial charge in [-0.2, -0.15) is 0 Å². The number of carbonyl (C=O) groups excluding carboxylic acids is 2. The summed E-state index contributed by atoms with van der Waals surface area (Å²) in [7, 11) is 1.46. The van der Waals surface area contributed by atoms with Crippen LogP contribution in [0.1, 0.15) is 15.9 Å². The first kappa shape index (κ1) is 19.1. The third-order valence-corrected chi connectivity index (χ3v) is 3.84. The topological polar surface area (TPSA) is 106 Å². The summed E-state index contributed by atoms with van der Waals surface area (Å²) in [6.45, 7) is 1.81. The van der Waals surface area contributed by atoms with E-state index in [1.165, 1.54) is 19.5 Å². The SMILES string of the molecule is COCC(=O)Nc1ccc(NC(=O)c2cnc(-c3ccccn3)nc2)cc1C. The predicted molar refractivity (Wildman–Crippen MR) is 105 cm³/mol. The Hall–Kier alpha value is -3.65. The van der Waals surface area contributed by atoms with Crippen LogP contribution in [0.2, 0.25) is 0 Å². The molecule has 0 radical (unpaired) electrons. The van der Waals surface area contributed by atoms with Crippen LogP contribution in [0, 0.1) is 6.92 Å². The number of anilines is 2. The Kier molecular flexibility index (Phi) is 6.03. The number of benzene rings is 1. The van der Waals surface area contributed by atoms with Crippen molar-refractivity contribution in [1.29, 1.82) is 0 Å². The van der Waals surface area contributed by atoms with Crippen LogP contribution in [0.5, 0.6) is 0 Å². The molecule has 8 heteroatoms. The Bertz CT molecular complexity index is 975. The van der Waals surface area contributed by atoms with E-state index in [9.17, 15) is 9.59 Å². The molecule has 0 aliphatic heterocycles. The second-order valence-corrected chi connectivity index (χ2v) is 5.98. The number of nitrogens with zero attached hydrogens (tertiary/aromatic N) is 3. The van der Waals surface area contributed by atoms with Gasteiger partial charge in [0.1, 0.15) is 12.3 Å². The normalized spacial score (nSPS) is 10.4. The number of hydrogen-bond donors (Lipinski definition) is 2. The fourth-order valence-electron chi connectivity index (χ4n) is 2.47. The average molecular weight is 377 g/mol. The molecule has 3 rings (SSSR count). The molecule has 2 N–H and O–H groups in total. The molecule has 0 saturated carbocycles. The van der Waals surface area contributed by atoms with Gasteiger partial charge in [0.2, 0.25) is 5.91 Å². The van der Waals surface area contributed by atoms with E-state index in [0.29, 0.717) is 28.5 Å². The lowest BCUT2D eigenvalue weighted by atomic mass is 10.1. The maximum Gasteiger partial charge on any atom is 0.258 e. The number of nitrogens with one attached hydrogen (secondary N) is 2. The summed E-state index contributed by atoms with van der Waals surface area (Å²) in [5.41, 5.74) is 3.03. The molecule has 0 spiro atoms. The third-order valence-electron chi connectivity index (χ3n) is 3.84. The summed E-state index contributed by atoms with van der Waals surface area (Å²) in [5.74, 6) is -0.125. The lowest BCUT2D eigenvalue weighted by Crippen LogP contribution is -2.18. The van der Waals surface area contributed by atoms with E-state index in [2.05, 4.69) is 25.6 Å². The molecule has 28 heavy (non-hydrogen) atoms. The van der Waals surface area contributed by atoms with Crippen molar-refractivity contribution < 1.29 is 14.3 Å². The second kappa shape index (κ2) is 8.83. The first-order valence-electron chi connectivity index (χ1n) is 8.51. The zero-order chi connectivity index (χ0) is 19.9. The van der Waals surface area contributed by atoms with E-state index in [-0.39, 0.29) is 18.4 Å². The van der Waals surface area contributed by atoms with E-state index in [1.807, 2.05) is 19.1 Å². The highest BCUT2D eigenvalue weighted by Gasteiger charge is 2.11. The third kappa shape index (κ3) is 4.74. The van der Waals surface area contributed by atoms with Crippen LogP contribution in [0.25, 0.3) is 11.5 Å². The number of ether oxygens (including phenoxy) is 1. The largest absolute Gasteiger partial charge is 0.375 e. The summed E-state index contributed by atoms with van der Waals surface area (Å²) in [6, 6.07) is 10.6. The van der Waals surface area contributed by atoms with Crippen LogP contribution in [0.3, 0.4) is 0 Å². The number of rotatable bonds is 6.